The first-order valence-electron chi connectivity index (χ1n) is 7.82. The maximum Gasteiger partial charge on any atom is 0.234 e. The molecular formula is C19H18N2O. The van der Waals surface area contributed by atoms with Gasteiger partial charge in [0.2, 0.25) is 5.91 Å². The second-order valence-electron chi connectivity index (χ2n) is 6.78. The van der Waals surface area contributed by atoms with Crippen LogP contribution in [-0.2, 0) is 4.79 Å². The first kappa shape index (κ1) is 13.3. The number of hydrogen-bond acceptors (Lipinski definition) is 2. The van der Waals surface area contributed by atoms with Crippen LogP contribution in [0.5, 0.6) is 0 Å². The van der Waals surface area contributed by atoms with Crippen LogP contribution < -0.4 is 4.90 Å². The number of nitrogens with zero attached hydrogens (tertiary/aromatic N) is 2. The molecule has 1 amide bonds. The van der Waals surface area contributed by atoms with Crippen molar-refractivity contribution >= 4 is 17.7 Å². The van der Waals surface area contributed by atoms with Gasteiger partial charge in [0.25, 0.3) is 0 Å². The van der Waals surface area contributed by atoms with Crippen LogP contribution in [0.3, 0.4) is 0 Å². The van der Waals surface area contributed by atoms with Crippen LogP contribution in [0.15, 0.2) is 42.5 Å². The molecule has 0 saturated heterocycles. The third kappa shape index (κ3) is 1.70. The Labute approximate surface area is 130 Å². The Kier molecular flexibility index (Phi) is 2.77. The molecule has 2 aliphatic carbocycles. The van der Waals surface area contributed by atoms with E-state index in [1.54, 1.807) is 4.90 Å². The normalized spacial score (nSPS) is 34.5. The number of carbonyl (C=O) groups excluding carboxylic acids is 1. The monoisotopic (exact) mass is 290 g/mol. The summed E-state index contributed by atoms with van der Waals surface area (Å²) >= 11 is 0. The van der Waals surface area contributed by atoms with Crippen molar-refractivity contribution in [1.82, 2.24) is 0 Å². The predicted molar refractivity (Wildman–Crippen MR) is 85.8 cm³/mol. The maximum absolute atomic E-state index is 13.4. The minimum Gasteiger partial charge on any atom is -0.291 e. The number of nitriles is 1. The van der Waals surface area contributed by atoms with E-state index in [1.807, 2.05) is 36.4 Å². The molecule has 0 N–H and O–H groups in total. The van der Waals surface area contributed by atoms with E-state index in [0.29, 0.717) is 11.8 Å². The number of hydrogen-bond donors (Lipinski definition) is 0. The van der Waals surface area contributed by atoms with Crippen LogP contribution >= 0.6 is 0 Å². The zero-order chi connectivity index (χ0) is 15.3. The number of para-hydroxylation sites is 1. The summed E-state index contributed by atoms with van der Waals surface area (Å²) in [5.74, 6) is 0.921. The van der Waals surface area contributed by atoms with Crippen molar-refractivity contribution in [2.24, 2.45) is 17.3 Å². The Morgan fingerprint density at radius 1 is 1.32 bits per heavy atom. The van der Waals surface area contributed by atoms with Gasteiger partial charge in [-0.2, -0.15) is 5.26 Å². The van der Waals surface area contributed by atoms with Crippen molar-refractivity contribution in [2.45, 2.75) is 25.8 Å². The fourth-order valence-electron chi connectivity index (χ4n) is 4.23. The second-order valence-corrected chi connectivity index (χ2v) is 6.78. The summed E-state index contributed by atoms with van der Waals surface area (Å²) in [6, 6.07) is 9.56. The molecule has 2 bridgehead atoms. The molecule has 1 aromatic carbocycles. The van der Waals surface area contributed by atoms with Gasteiger partial charge in [-0.3, -0.25) is 9.69 Å². The van der Waals surface area contributed by atoms with Crippen LogP contribution in [0.1, 0.15) is 25.3 Å². The topological polar surface area (TPSA) is 44.1 Å². The number of fused-ring (bicyclic) bond motifs is 3. The number of anilines is 1. The van der Waals surface area contributed by atoms with Crippen molar-refractivity contribution in [2.75, 3.05) is 4.90 Å². The van der Waals surface area contributed by atoms with E-state index >= 15 is 0 Å². The highest BCUT2D eigenvalue weighted by Gasteiger charge is 2.52. The van der Waals surface area contributed by atoms with Gasteiger partial charge in [0.15, 0.2) is 0 Å². The van der Waals surface area contributed by atoms with Crippen molar-refractivity contribution in [1.29, 1.82) is 5.26 Å². The second kappa shape index (κ2) is 4.58. The third-order valence-electron chi connectivity index (χ3n) is 5.45. The van der Waals surface area contributed by atoms with Gasteiger partial charge >= 0.3 is 0 Å². The van der Waals surface area contributed by atoms with E-state index in [-0.39, 0.29) is 11.3 Å². The van der Waals surface area contributed by atoms with Gasteiger partial charge in [-0.1, -0.05) is 43.4 Å². The molecular weight excluding hydrogens is 272 g/mol. The SMILES string of the molecule is C[C@]1(C(=O)N2c3ccccc3C=C[C@@H]2C#N)C[C@H]2C=C[C@H]1C2. The zero-order valence-electron chi connectivity index (χ0n) is 12.6. The lowest BCUT2D eigenvalue weighted by atomic mass is 9.75. The summed E-state index contributed by atoms with van der Waals surface area (Å²) < 4.78 is 0. The van der Waals surface area contributed by atoms with E-state index < -0.39 is 6.04 Å². The van der Waals surface area contributed by atoms with Crippen molar-refractivity contribution in [3.8, 4) is 6.07 Å². The van der Waals surface area contributed by atoms with Crippen LogP contribution in [0.4, 0.5) is 5.69 Å². The van der Waals surface area contributed by atoms with Gasteiger partial charge in [-0.05, 0) is 42.4 Å². The average molecular weight is 290 g/mol. The lowest BCUT2D eigenvalue weighted by Gasteiger charge is -2.39. The van der Waals surface area contributed by atoms with E-state index in [9.17, 15) is 10.1 Å². The molecule has 0 aromatic heterocycles. The highest BCUT2D eigenvalue weighted by Crippen LogP contribution is 2.53. The minimum absolute atomic E-state index is 0.0905. The van der Waals surface area contributed by atoms with Gasteiger partial charge in [-0.25, -0.2) is 0 Å². The lowest BCUT2D eigenvalue weighted by molar-refractivity contribution is -0.128. The smallest absolute Gasteiger partial charge is 0.234 e. The van der Waals surface area contributed by atoms with Gasteiger partial charge in [-0.15, -0.1) is 0 Å². The van der Waals surface area contributed by atoms with Crippen LogP contribution in [0, 0.1) is 28.6 Å². The third-order valence-corrected chi connectivity index (χ3v) is 5.45. The van der Waals surface area contributed by atoms with E-state index in [0.717, 1.165) is 24.1 Å². The zero-order valence-corrected chi connectivity index (χ0v) is 12.6. The molecule has 110 valence electrons. The van der Waals surface area contributed by atoms with E-state index in [4.69, 9.17) is 0 Å². The maximum atomic E-state index is 13.4. The molecule has 1 fully saturated rings. The standard InChI is InChI=1S/C19H18N2O/c1-19(11-13-6-8-15(19)10-13)18(22)21-16(12-20)9-7-14-4-2-3-5-17(14)21/h2-9,13,15-16H,10-11H2,1H3/t13-,15-,16+,19-/m0/s1. The summed E-state index contributed by atoms with van der Waals surface area (Å²) in [4.78, 5) is 15.1. The molecule has 4 rings (SSSR count). The highest BCUT2D eigenvalue weighted by molar-refractivity contribution is 6.02. The molecule has 1 aliphatic heterocycles. The fraction of sp³-hybridized carbons (Fsp3) is 0.368. The van der Waals surface area contributed by atoms with Crippen LogP contribution in [0.25, 0.3) is 6.08 Å². The Morgan fingerprint density at radius 3 is 2.82 bits per heavy atom. The molecule has 22 heavy (non-hydrogen) atoms. The Bertz CT molecular complexity index is 742. The van der Waals surface area contributed by atoms with E-state index in [2.05, 4.69) is 25.1 Å². The van der Waals surface area contributed by atoms with Gasteiger partial charge in [0, 0.05) is 0 Å². The van der Waals surface area contributed by atoms with Crippen molar-refractivity contribution in [3.63, 3.8) is 0 Å². The molecule has 3 nitrogen and oxygen atoms in total. The molecule has 4 atom stereocenters. The lowest BCUT2D eigenvalue weighted by Crippen LogP contribution is -2.49. The number of benzene rings is 1. The minimum atomic E-state index is -0.512. The number of allylic oxidation sites excluding steroid dienone is 2. The van der Waals surface area contributed by atoms with Crippen molar-refractivity contribution < 1.29 is 4.79 Å². The van der Waals surface area contributed by atoms with Gasteiger partial charge < -0.3 is 0 Å². The highest BCUT2D eigenvalue weighted by atomic mass is 16.2. The first-order valence-corrected chi connectivity index (χ1v) is 7.82. The van der Waals surface area contributed by atoms with Crippen LogP contribution in [-0.4, -0.2) is 11.9 Å². The van der Waals surface area contributed by atoms with Gasteiger partial charge in [0.05, 0.1) is 17.2 Å². The Morgan fingerprint density at radius 2 is 2.14 bits per heavy atom. The predicted octanol–water partition coefficient (Wildman–Crippen LogP) is 3.54. The summed E-state index contributed by atoms with van der Waals surface area (Å²) in [5, 5.41) is 9.49. The quantitative estimate of drug-likeness (QED) is 0.742. The molecule has 1 aromatic rings. The summed E-state index contributed by atoms with van der Waals surface area (Å²) in [5.41, 5.74) is 1.48. The van der Waals surface area contributed by atoms with E-state index in [1.165, 1.54) is 0 Å². The summed E-state index contributed by atoms with van der Waals surface area (Å²) in [6.07, 6.45) is 10.2. The number of carbonyl (C=O) groups is 1. The number of amides is 1. The largest absolute Gasteiger partial charge is 0.291 e. The Balaban J connectivity index is 1.77. The first-order chi connectivity index (χ1) is 10.6. The molecule has 3 heteroatoms. The summed E-state index contributed by atoms with van der Waals surface area (Å²) in [7, 11) is 0. The molecule has 1 saturated carbocycles. The van der Waals surface area contributed by atoms with Crippen molar-refractivity contribution in [3.05, 3.63) is 48.1 Å². The molecule has 1 heterocycles. The fourth-order valence-corrected chi connectivity index (χ4v) is 4.23. The molecule has 0 radical (unpaired) electrons. The Hall–Kier alpha value is -2.34. The molecule has 0 spiro atoms. The average Bonchev–Trinajstić information content (AvgIpc) is 3.14. The molecule has 0 unspecified atom stereocenters. The number of rotatable bonds is 1. The van der Waals surface area contributed by atoms with Crippen LogP contribution in [0.2, 0.25) is 0 Å². The van der Waals surface area contributed by atoms with Gasteiger partial charge in [0.1, 0.15) is 6.04 Å². The summed E-state index contributed by atoms with van der Waals surface area (Å²) in [6.45, 7) is 2.07. The molecule has 3 aliphatic rings.